The molecule has 1 aromatic carbocycles. The van der Waals surface area contributed by atoms with Crippen molar-refractivity contribution in [3.8, 4) is 0 Å². The second kappa shape index (κ2) is 5.61. The summed E-state index contributed by atoms with van der Waals surface area (Å²) in [5.41, 5.74) is 1.61. The second-order valence-corrected chi connectivity index (χ2v) is 3.91. The second-order valence-electron chi connectivity index (χ2n) is 2.85. The summed E-state index contributed by atoms with van der Waals surface area (Å²) in [6.07, 6.45) is 1.73. The fourth-order valence-electron chi connectivity index (χ4n) is 1.13. The van der Waals surface area contributed by atoms with Crippen molar-refractivity contribution in [2.75, 3.05) is 5.33 Å². The molecule has 1 rings (SSSR count). The minimum absolute atomic E-state index is 0.140. The van der Waals surface area contributed by atoms with Gasteiger partial charge in [0.2, 0.25) is 0 Å². The molecular weight excluding hydrogens is 254 g/mol. The predicted octanol–water partition coefficient (Wildman–Crippen LogP) is 3.89. The molecule has 0 fully saturated rings. The molecule has 0 unspecified atom stereocenters. The van der Waals surface area contributed by atoms with Gasteiger partial charge in [0.15, 0.2) is 0 Å². The van der Waals surface area contributed by atoms with Crippen LogP contribution in [0.25, 0.3) is 0 Å². The average molecular weight is 266 g/mol. The van der Waals surface area contributed by atoms with Crippen LogP contribution in [0.2, 0.25) is 0 Å². The Kier molecular flexibility index (Phi) is 4.74. The maximum absolute atomic E-state index is 13.3. The van der Waals surface area contributed by atoms with Crippen molar-refractivity contribution >= 4 is 27.5 Å². The summed E-state index contributed by atoms with van der Waals surface area (Å²) in [5, 5.41) is 0.906. The van der Waals surface area contributed by atoms with E-state index in [0.29, 0.717) is 5.88 Å². The molecule has 0 atom stereocenters. The van der Waals surface area contributed by atoms with Crippen LogP contribution in [-0.4, -0.2) is 5.33 Å². The van der Waals surface area contributed by atoms with Crippen molar-refractivity contribution in [3.63, 3.8) is 0 Å². The highest BCUT2D eigenvalue weighted by molar-refractivity contribution is 9.09. The van der Waals surface area contributed by atoms with Crippen molar-refractivity contribution in [1.82, 2.24) is 0 Å². The van der Waals surface area contributed by atoms with E-state index >= 15 is 0 Å². The summed E-state index contributed by atoms with van der Waals surface area (Å²) in [6, 6.07) is 5.20. The van der Waals surface area contributed by atoms with Crippen LogP contribution in [0.1, 0.15) is 17.5 Å². The minimum Gasteiger partial charge on any atom is -0.207 e. The van der Waals surface area contributed by atoms with E-state index in [1.54, 1.807) is 0 Å². The Balaban J connectivity index is 2.73. The summed E-state index contributed by atoms with van der Waals surface area (Å²) in [7, 11) is 0. The van der Waals surface area contributed by atoms with Crippen LogP contribution < -0.4 is 0 Å². The molecule has 0 radical (unpaired) electrons. The molecule has 0 amide bonds. The lowest BCUT2D eigenvalue weighted by Gasteiger charge is -2.03. The van der Waals surface area contributed by atoms with Crippen molar-refractivity contribution in [1.29, 1.82) is 0 Å². The first-order valence-corrected chi connectivity index (χ1v) is 5.82. The molecule has 72 valence electrons. The number of hydrogen-bond acceptors (Lipinski definition) is 0. The van der Waals surface area contributed by atoms with Crippen molar-refractivity contribution in [2.24, 2.45) is 0 Å². The molecule has 0 saturated heterocycles. The highest BCUT2D eigenvalue weighted by atomic mass is 79.9. The van der Waals surface area contributed by atoms with E-state index in [2.05, 4.69) is 15.9 Å². The van der Waals surface area contributed by atoms with Crippen LogP contribution in [0.4, 0.5) is 4.39 Å². The molecule has 0 heterocycles. The van der Waals surface area contributed by atoms with Gasteiger partial charge in [-0.1, -0.05) is 28.1 Å². The third-order valence-electron chi connectivity index (χ3n) is 1.85. The van der Waals surface area contributed by atoms with Gasteiger partial charge in [0.05, 0.1) is 0 Å². The number of halogens is 3. The first-order chi connectivity index (χ1) is 6.27. The number of alkyl halides is 2. The van der Waals surface area contributed by atoms with Crippen molar-refractivity contribution in [3.05, 3.63) is 35.1 Å². The molecule has 0 aromatic heterocycles. The Morgan fingerprint density at radius 1 is 1.38 bits per heavy atom. The van der Waals surface area contributed by atoms with Gasteiger partial charge in [-0.2, -0.15) is 0 Å². The van der Waals surface area contributed by atoms with Gasteiger partial charge in [-0.05, 0) is 30.0 Å². The van der Waals surface area contributed by atoms with Gasteiger partial charge in [-0.3, -0.25) is 0 Å². The highest BCUT2D eigenvalue weighted by Crippen LogP contribution is 2.14. The van der Waals surface area contributed by atoms with Crippen LogP contribution >= 0.6 is 27.5 Å². The van der Waals surface area contributed by atoms with E-state index in [1.165, 1.54) is 6.07 Å². The summed E-state index contributed by atoms with van der Waals surface area (Å²) in [6.45, 7) is 0. The van der Waals surface area contributed by atoms with Gasteiger partial charge < -0.3 is 0 Å². The molecule has 0 nitrogen and oxygen atoms in total. The largest absolute Gasteiger partial charge is 0.207 e. The Hall–Kier alpha value is -0.0800. The van der Waals surface area contributed by atoms with Gasteiger partial charge in [0, 0.05) is 11.2 Å². The van der Waals surface area contributed by atoms with E-state index in [1.807, 2.05) is 12.1 Å². The zero-order chi connectivity index (χ0) is 9.68. The quantitative estimate of drug-likeness (QED) is 0.725. The monoisotopic (exact) mass is 264 g/mol. The van der Waals surface area contributed by atoms with E-state index in [0.717, 1.165) is 29.3 Å². The number of aryl methyl sites for hydroxylation is 1. The molecule has 0 aliphatic heterocycles. The van der Waals surface area contributed by atoms with Crippen molar-refractivity contribution < 1.29 is 4.39 Å². The fraction of sp³-hybridized carbons (Fsp3) is 0.400. The van der Waals surface area contributed by atoms with Gasteiger partial charge in [0.25, 0.3) is 0 Å². The lowest BCUT2D eigenvalue weighted by Crippen LogP contribution is -1.92. The molecule has 0 aliphatic carbocycles. The van der Waals surface area contributed by atoms with Gasteiger partial charge in [0.1, 0.15) is 5.82 Å². The molecular formula is C10H11BrClF. The summed E-state index contributed by atoms with van der Waals surface area (Å²) in [5.74, 6) is 0.231. The summed E-state index contributed by atoms with van der Waals surface area (Å²) >= 11 is 8.90. The normalized spacial score (nSPS) is 10.4. The SMILES string of the molecule is Fc1cc(CCl)ccc1CCCBr. The van der Waals surface area contributed by atoms with Crippen LogP contribution in [0.5, 0.6) is 0 Å². The van der Waals surface area contributed by atoms with Gasteiger partial charge in [-0.15, -0.1) is 11.6 Å². The smallest absolute Gasteiger partial charge is 0.126 e. The fourth-order valence-corrected chi connectivity index (χ4v) is 1.58. The predicted molar refractivity (Wildman–Crippen MR) is 58.1 cm³/mol. The number of benzene rings is 1. The topological polar surface area (TPSA) is 0 Å². The lowest BCUT2D eigenvalue weighted by molar-refractivity contribution is 0.606. The Labute approximate surface area is 91.2 Å². The van der Waals surface area contributed by atoms with Crippen LogP contribution in [-0.2, 0) is 12.3 Å². The van der Waals surface area contributed by atoms with Gasteiger partial charge >= 0.3 is 0 Å². The third-order valence-corrected chi connectivity index (χ3v) is 2.72. The highest BCUT2D eigenvalue weighted by Gasteiger charge is 2.02. The van der Waals surface area contributed by atoms with E-state index in [4.69, 9.17) is 11.6 Å². The molecule has 0 aliphatic rings. The first kappa shape index (κ1) is 11.0. The van der Waals surface area contributed by atoms with E-state index in [9.17, 15) is 4.39 Å². The molecule has 13 heavy (non-hydrogen) atoms. The molecule has 0 saturated carbocycles. The maximum atomic E-state index is 13.3. The van der Waals surface area contributed by atoms with Gasteiger partial charge in [-0.25, -0.2) is 4.39 Å². The van der Waals surface area contributed by atoms with Crippen LogP contribution in [0.15, 0.2) is 18.2 Å². The Morgan fingerprint density at radius 2 is 2.15 bits per heavy atom. The average Bonchev–Trinajstić information content (AvgIpc) is 2.16. The van der Waals surface area contributed by atoms with Crippen molar-refractivity contribution in [2.45, 2.75) is 18.7 Å². The molecule has 1 aromatic rings. The maximum Gasteiger partial charge on any atom is 0.126 e. The van der Waals surface area contributed by atoms with E-state index < -0.39 is 0 Å². The molecule has 0 N–H and O–H groups in total. The molecule has 0 spiro atoms. The molecule has 0 bridgehead atoms. The number of hydrogen-bond donors (Lipinski definition) is 0. The minimum atomic E-state index is -0.140. The Bertz CT molecular complexity index is 276. The van der Waals surface area contributed by atoms with Crippen LogP contribution in [0, 0.1) is 5.82 Å². The molecule has 3 heteroatoms. The summed E-state index contributed by atoms with van der Waals surface area (Å²) < 4.78 is 13.3. The summed E-state index contributed by atoms with van der Waals surface area (Å²) in [4.78, 5) is 0. The zero-order valence-corrected chi connectivity index (χ0v) is 9.54. The van der Waals surface area contributed by atoms with Crippen LogP contribution in [0.3, 0.4) is 0 Å². The Morgan fingerprint density at radius 3 is 2.69 bits per heavy atom. The third kappa shape index (κ3) is 3.28. The first-order valence-electron chi connectivity index (χ1n) is 4.17. The number of rotatable bonds is 4. The zero-order valence-electron chi connectivity index (χ0n) is 7.19. The van der Waals surface area contributed by atoms with E-state index in [-0.39, 0.29) is 5.82 Å². The standard InChI is InChI=1S/C10H11BrClF/c11-5-1-2-9-4-3-8(7-12)6-10(9)13/h3-4,6H,1-2,5,7H2. The lowest BCUT2D eigenvalue weighted by atomic mass is 10.1.